The third-order valence-electron chi connectivity index (χ3n) is 5.31. The number of nitrogens with zero attached hydrogens (tertiary/aromatic N) is 1. The number of carbonyl (C=O) groups excluding carboxylic acids is 4. The quantitative estimate of drug-likeness (QED) is 0.483. The molecule has 162 valence electrons. The summed E-state index contributed by atoms with van der Waals surface area (Å²) in [5.74, 6) is 3.55. The average molecular weight is 452 g/mol. The second-order valence-electron chi connectivity index (χ2n) is 7.49. The lowest BCUT2D eigenvalue weighted by Crippen LogP contribution is -2.52. The molecule has 2 aliphatic rings. The highest BCUT2D eigenvalue weighted by atomic mass is 35.5. The molecule has 0 bridgehead atoms. The van der Waals surface area contributed by atoms with Crippen LogP contribution in [0.2, 0.25) is 5.02 Å². The van der Waals surface area contributed by atoms with Crippen molar-refractivity contribution in [1.82, 2.24) is 15.5 Å². The number of nitrogens with one attached hydrogen (secondary N) is 2. The molecule has 9 heteroatoms. The van der Waals surface area contributed by atoms with Crippen LogP contribution in [-0.4, -0.2) is 39.7 Å². The van der Waals surface area contributed by atoms with Crippen molar-refractivity contribution >= 4 is 35.2 Å². The molecule has 2 heterocycles. The van der Waals surface area contributed by atoms with Crippen LogP contribution in [0.25, 0.3) is 0 Å². The summed E-state index contributed by atoms with van der Waals surface area (Å²) in [5.41, 5.74) is 2.54. The maximum atomic E-state index is 12.7. The van der Waals surface area contributed by atoms with E-state index < -0.39 is 17.9 Å². The van der Waals surface area contributed by atoms with Gasteiger partial charge in [-0.15, -0.1) is 0 Å². The molecule has 4 amide bonds. The summed E-state index contributed by atoms with van der Waals surface area (Å²) in [6, 6.07) is 8.96. The Morgan fingerprint density at radius 2 is 2.03 bits per heavy atom. The molecule has 0 aromatic heterocycles. The van der Waals surface area contributed by atoms with Crippen LogP contribution < -0.4 is 10.6 Å². The number of hydrogen-bond donors (Lipinski definition) is 3. The first-order valence-electron chi connectivity index (χ1n) is 9.86. The summed E-state index contributed by atoms with van der Waals surface area (Å²) in [7, 11) is 0. The zero-order valence-corrected chi connectivity index (χ0v) is 17.5. The Morgan fingerprint density at radius 1 is 1.22 bits per heavy atom. The number of hydrogen-bond acceptors (Lipinski definition) is 5. The largest absolute Gasteiger partial charge is 0.506 e. The Bertz CT molecular complexity index is 1210. The van der Waals surface area contributed by atoms with Crippen LogP contribution in [0.4, 0.5) is 0 Å². The summed E-state index contributed by atoms with van der Waals surface area (Å²) in [5, 5.41) is 14.5. The fourth-order valence-corrected chi connectivity index (χ4v) is 3.86. The summed E-state index contributed by atoms with van der Waals surface area (Å²) in [6.07, 6.45) is 0.503. The van der Waals surface area contributed by atoms with Gasteiger partial charge in [0.15, 0.2) is 0 Å². The number of fused-ring (bicyclic) bond motifs is 1. The van der Waals surface area contributed by atoms with Crippen LogP contribution in [0.15, 0.2) is 36.4 Å². The zero-order valence-electron chi connectivity index (χ0n) is 16.8. The van der Waals surface area contributed by atoms with Gasteiger partial charge in [0.05, 0.1) is 5.02 Å². The first-order chi connectivity index (χ1) is 15.3. The highest BCUT2D eigenvalue weighted by Crippen LogP contribution is 2.28. The van der Waals surface area contributed by atoms with Crippen molar-refractivity contribution in [1.29, 1.82) is 0 Å². The van der Waals surface area contributed by atoms with E-state index in [1.54, 1.807) is 18.2 Å². The third kappa shape index (κ3) is 4.43. The van der Waals surface area contributed by atoms with E-state index in [9.17, 15) is 24.3 Å². The SMILES string of the molecule is O=C(C#Cc1ccc(O)c(Cl)c1)NCc1ccc2c(c1)CN(C1CCC(=O)NC1=O)C2=O. The Morgan fingerprint density at radius 3 is 2.78 bits per heavy atom. The number of phenols is 1. The number of aromatic hydroxyl groups is 1. The molecule has 32 heavy (non-hydrogen) atoms. The number of piperidine rings is 1. The fraction of sp³-hybridized carbons (Fsp3) is 0.217. The fourth-order valence-electron chi connectivity index (χ4n) is 3.68. The monoisotopic (exact) mass is 451 g/mol. The van der Waals surface area contributed by atoms with Crippen LogP contribution in [-0.2, 0) is 27.5 Å². The molecule has 0 radical (unpaired) electrons. The zero-order chi connectivity index (χ0) is 22.8. The Labute approximate surface area is 188 Å². The van der Waals surface area contributed by atoms with Crippen molar-refractivity contribution in [3.63, 3.8) is 0 Å². The van der Waals surface area contributed by atoms with Gasteiger partial charge in [-0.2, -0.15) is 0 Å². The molecule has 8 nitrogen and oxygen atoms in total. The van der Waals surface area contributed by atoms with Crippen LogP contribution in [0.5, 0.6) is 5.75 Å². The van der Waals surface area contributed by atoms with Crippen molar-refractivity contribution in [3.05, 3.63) is 63.7 Å². The van der Waals surface area contributed by atoms with Crippen molar-refractivity contribution in [2.24, 2.45) is 0 Å². The smallest absolute Gasteiger partial charge is 0.296 e. The lowest BCUT2D eigenvalue weighted by molar-refractivity contribution is -0.137. The highest BCUT2D eigenvalue weighted by Gasteiger charge is 2.39. The van der Waals surface area contributed by atoms with Gasteiger partial charge in [0, 0.05) is 36.6 Å². The van der Waals surface area contributed by atoms with E-state index in [-0.39, 0.29) is 42.1 Å². The maximum absolute atomic E-state index is 12.7. The third-order valence-corrected chi connectivity index (χ3v) is 5.61. The van der Waals surface area contributed by atoms with E-state index in [1.807, 2.05) is 6.07 Å². The molecule has 4 rings (SSSR count). The molecule has 0 aliphatic carbocycles. The van der Waals surface area contributed by atoms with E-state index in [2.05, 4.69) is 22.5 Å². The molecule has 0 saturated carbocycles. The predicted molar refractivity (Wildman–Crippen MR) is 114 cm³/mol. The molecule has 2 aliphatic heterocycles. The summed E-state index contributed by atoms with van der Waals surface area (Å²) >= 11 is 5.82. The van der Waals surface area contributed by atoms with E-state index in [0.29, 0.717) is 17.5 Å². The van der Waals surface area contributed by atoms with Crippen LogP contribution in [0.3, 0.4) is 0 Å². The molecule has 3 N–H and O–H groups in total. The Balaban J connectivity index is 1.39. The van der Waals surface area contributed by atoms with Gasteiger partial charge in [-0.3, -0.25) is 24.5 Å². The van der Waals surface area contributed by atoms with Crippen molar-refractivity contribution < 1.29 is 24.3 Å². The van der Waals surface area contributed by atoms with Gasteiger partial charge in [0.2, 0.25) is 11.8 Å². The number of carbonyl (C=O) groups is 4. The van der Waals surface area contributed by atoms with Gasteiger partial charge < -0.3 is 15.3 Å². The molecular weight excluding hydrogens is 434 g/mol. The molecule has 1 atom stereocenters. The topological polar surface area (TPSA) is 116 Å². The van der Waals surface area contributed by atoms with Crippen LogP contribution in [0.1, 0.15) is 39.9 Å². The van der Waals surface area contributed by atoms with Crippen LogP contribution in [0, 0.1) is 11.8 Å². The minimum Gasteiger partial charge on any atom is -0.506 e. The van der Waals surface area contributed by atoms with E-state index in [1.165, 1.54) is 17.0 Å². The molecule has 1 saturated heterocycles. The van der Waals surface area contributed by atoms with Gasteiger partial charge in [0.25, 0.3) is 11.8 Å². The Hall–Kier alpha value is -3.83. The average Bonchev–Trinajstić information content (AvgIpc) is 3.08. The second kappa shape index (κ2) is 8.73. The van der Waals surface area contributed by atoms with Gasteiger partial charge >= 0.3 is 0 Å². The van der Waals surface area contributed by atoms with Crippen molar-refractivity contribution in [3.8, 4) is 17.6 Å². The van der Waals surface area contributed by atoms with Gasteiger partial charge in [-0.25, -0.2) is 0 Å². The molecule has 2 aromatic carbocycles. The van der Waals surface area contributed by atoms with Crippen LogP contribution >= 0.6 is 11.6 Å². The predicted octanol–water partition coefficient (Wildman–Crippen LogP) is 1.47. The number of benzene rings is 2. The number of amides is 4. The standard InChI is InChI=1S/C23H18ClN3O5/c24-17-10-13(2-6-19(17)28)3-7-20(29)25-11-14-1-4-16-15(9-14)12-27(23(16)32)18-5-8-21(30)26-22(18)31/h1-2,4,6,9-10,18,28H,5,8,11-12H2,(H,25,29)(H,26,30,31). The molecule has 1 unspecified atom stereocenters. The lowest BCUT2D eigenvalue weighted by atomic mass is 10.0. The maximum Gasteiger partial charge on any atom is 0.296 e. The summed E-state index contributed by atoms with van der Waals surface area (Å²) < 4.78 is 0. The second-order valence-corrected chi connectivity index (χ2v) is 7.90. The molecule has 2 aromatic rings. The molecular formula is C23H18ClN3O5. The molecule has 0 spiro atoms. The molecule has 1 fully saturated rings. The number of imide groups is 1. The van der Waals surface area contributed by atoms with E-state index in [0.717, 1.165) is 11.1 Å². The number of phenolic OH excluding ortho intramolecular Hbond substituents is 1. The van der Waals surface area contributed by atoms with Gasteiger partial charge in [0.1, 0.15) is 11.8 Å². The normalized spacial score (nSPS) is 17.3. The van der Waals surface area contributed by atoms with Gasteiger partial charge in [-0.1, -0.05) is 29.7 Å². The minimum atomic E-state index is -0.667. The van der Waals surface area contributed by atoms with Gasteiger partial charge in [-0.05, 0) is 41.8 Å². The summed E-state index contributed by atoms with van der Waals surface area (Å²) in [4.78, 5) is 49.7. The number of halogens is 1. The van der Waals surface area contributed by atoms with Crippen molar-refractivity contribution in [2.45, 2.75) is 32.0 Å². The minimum absolute atomic E-state index is 0.0621. The number of rotatable bonds is 3. The van der Waals surface area contributed by atoms with E-state index in [4.69, 9.17) is 11.6 Å². The van der Waals surface area contributed by atoms with E-state index >= 15 is 0 Å². The van der Waals surface area contributed by atoms with Crippen molar-refractivity contribution in [2.75, 3.05) is 0 Å². The Kier molecular flexibility index (Phi) is 5.84. The first-order valence-corrected chi connectivity index (χ1v) is 10.2. The lowest BCUT2D eigenvalue weighted by Gasteiger charge is -2.29. The summed E-state index contributed by atoms with van der Waals surface area (Å²) in [6.45, 7) is 0.480. The highest BCUT2D eigenvalue weighted by molar-refractivity contribution is 6.32. The first kappa shape index (κ1) is 21.4.